The van der Waals surface area contributed by atoms with Crippen LogP contribution in [-0.2, 0) is 4.79 Å². The number of hydrogen-bond acceptors (Lipinski definition) is 5. The number of nitro benzene ring substituents is 1. The van der Waals surface area contributed by atoms with E-state index >= 15 is 0 Å². The molecule has 22 heavy (non-hydrogen) atoms. The fraction of sp³-hybridized carbons (Fsp3) is 0.462. The normalized spacial score (nSPS) is 18.3. The molecule has 1 atom stereocenters. The van der Waals surface area contributed by atoms with Gasteiger partial charge in [-0.25, -0.2) is 0 Å². The first-order chi connectivity index (χ1) is 10.4. The summed E-state index contributed by atoms with van der Waals surface area (Å²) in [5, 5.41) is 13.6. The summed E-state index contributed by atoms with van der Waals surface area (Å²) in [6.07, 6.45) is 0.522. The summed E-state index contributed by atoms with van der Waals surface area (Å²) in [5.74, 6) is -0.679. The number of hydrogen-bond donors (Lipinski definition) is 1. The lowest BCUT2D eigenvalue weighted by atomic mass is 10.1. The average Bonchev–Trinajstić information content (AvgIpc) is 2.46. The van der Waals surface area contributed by atoms with E-state index in [0.29, 0.717) is 25.2 Å². The number of carbonyl (C=O) groups excluding carboxylic acids is 1. The highest BCUT2D eigenvalue weighted by molar-refractivity contribution is 5.86. The summed E-state index contributed by atoms with van der Waals surface area (Å²) in [5.41, 5.74) is -0.110. The Balaban J connectivity index is 2.38. The summed E-state index contributed by atoms with van der Waals surface area (Å²) in [6.45, 7) is -0.446. The summed E-state index contributed by atoms with van der Waals surface area (Å²) < 4.78 is 29.1. The van der Waals surface area contributed by atoms with Crippen molar-refractivity contribution in [1.29, 1.82) is 0 Å². The second kappa shape index (κ2) is 6.54. The van der Waals surface area contributed by atoms with Crippen LogP contribution in [0.4, 0.5) is 20.2 Å². The Morgan fingerprint density at radius 2 is 2.27 bits per heavy atom. The van der Waals surface area contributed by atoms with Crippen LogP contribution in [0.25, 0.3) is 0 Å². The van der Waals surface area contributed by atoms with Crippen LogP contribution in [0.5, 0.6) is 5.75 Å². The number of alkyl halides is 2. The minimum atomic E-state index is -3.17. The number of ether oxygens (including phenoxy) is 1. The number of carbonyl (C=O) groups is 1. The van der Waals surface area contributed by atoms with E-state index in [1.807, 2.05) is 6.92 Å². The molecule has 120 valence electrons. The maximum atomic E-state index is 12.4. The predicted molar refractivity (Wildman–Crippen MR) is 74.2 cm³/mol. The standard InChI is InChI=1S/C13H15F2N3O4/c1-2-9-12(19)16-5-6-17(9)8-3-4-10(18(20)21)11(7-8)22-13(14)15/h3-4,7,9,13H,2,5-6H2,1H3,(H,16,19). The fourth-order valence-corrected chi connectivity index (χ4v) is 2.45. The summed E-state index contributed by atoms with van der Waals surface area (Å²) in [7, 11) is 0. The van der Waals surface area contributed by atoms with Gasteiger partial charge in [-0.2, -0.15) is 8.78 Å². The molecule has 0 spiro atoms. The van der Waals surface area contributed by atoms with Crippen molar-refractivity contribution in [3.63, 3.8) is 0 Å². The maximum absolute atomic E-state index is 12.4. The molecular formula is C13H15F2N3O4. The molecule has 0 radical (unpaired) electrons. The smallest absolute Gasteiger partial charge is 0.387 e. The summed E-state index contributed by atoms with van der Waals surface area (Å²) >= 11 is 0. The lowest BCUT2D eigenvalue weighted by Crippen LogP contribution is -2.55. The number of nitro groups is 1. The quantitative estimate of drug-likeness (QED) is 0.663. The highest BCUT2D eigenvalue weighted by Crippen LogP contribution is 2.34. The summed E-state index contributed by atoms with van der Waals surface area (Å²) in [6, 6.07) is 3.25. The average molecular weight is 315 g/mol. The van der Waals surface area contributed by atoms with Gasteiger partial charge in [0, 0.05) is 30.9 Å². The minimum absolute atomic E-state index is 0.163. The van der Waals surface area contributed by atoms with E-state index < -0.39 is 29.0 Å². The Morgan fingerprint density at radius 3 is 2.86 bits per heavy atom. The van der Waals surface area contributed by atoms with Gasteiger partial charge in [0.15, 0.2) is 0 Å². The van der Waals surface area contributed by atoms with Gasteiger partial charge in [-0.1, -0.05) is 6.92 Å². The van der Waals surface area contributed by atoms with Crippen molar-refractivity contribution in [3.05, 3.63) is 28.3 Å². The Bertz CT molecular complexity index is 582. The molecule has 1 amide bonds. The molecule has 1 heterocycles. The number of nitrogens with one attached hydrogen (secondary N) is 1. The Kier molecular flexibility index (Phi) is 4.74. The second-order valence-corrected chi connectivity index (χ2v) is 4.70. The third-order valence-electron chi connectivity index (χ3n) is 3.41. The molecule has 1 aromatic carbocycles. The molecule has 7 nitrogen and oxygen atoms in total. The highest BCUT2D eigenvalue weighted by Gasteiger charge is 2.30. The van der Waals surface area contributed by atoms with Gasteiger partial charge >= 0.3 is 12.3 Å². The molecule has 1 aromatic rings. The number of piperazine rings is 1. The Hall–Kier alpha value is -2.45. The highest BCUT2D eigenvalue weighted by atomic mass is 19.3. The molecule has 9 heteroatoms. The van der Waals surface area contributed by atoms with E-state index in [1.54, 1.807) is 4.90 Å². The monoisotopic (exact) mass is 315 g/mol. The van der Waals surface area contributed by atoms with Crippen LogP contribution in [0, 0.1) is 10.1 Å². The molecule has 1 fully saturated rings. The fourth-order valence-electron chi connectivity index (χ4n) is 2.45. The minimum Gasteiger partial charge on any atom is -0.427 e. The number of amides is 1. The van der Waals surface area contributed by atoms with E-state index in [9.17, 15) is 23.7 Å². The first-order valence-corrected chi connectivity index (χ1v) is 6.71. The molecule has 0 bridgehead atoms. The van der Waals surface area contributed by atoms with Gasteiger partial charge in [0.1, 0.15) is 6.04 Å². The number of halogens is 2. The van der Waals surface area contributed by atoms with Crippen molar-refractivity contribution < 1.29 is 23.2 Å². The van der Waals surface area contributed by atoms with Crippen LogP contribution in [0.2, 0.25) is 0 Å². The first kappa shape index (κ1) is 15.9. The zero-order chi connectivity index (χ0) is 16.3. The predicted octanol–water partition coefficient (Wildman–Crippen LogP) is 1.91. The molecule has 1 saturated heterocycles. The number of anilines is 1. The van der Waals surface area contributed by atoms with E-state index in [4.69, 9.17) is 0 Å². The molecule has 0 aliphatic carbocycles. The SMILES string of the molecule is CCC1C(=O)NCCN1c1ccc([N+](=O)[O-])c(OC(F)F)c1. The molecule has 2 rings (SSSR count). The van der Waals surface area contributed by atoms with Crippen LogP contribution in [0.1, 0.15) is 13.3 Å². The van der Waals surface area contributed by atoms with E-state index in [-0.39, 0.29) is 5.91 Å². The van der Waals surface area contributed by atoms with Gasteiger partial charge in [-0.15, -0.1) is 0 Å². The van der Waals surface area contributed by atoms with E-state index in [1.165, 1.54) is 12.1 Å². The van der Waals surface area contributed by atoms with Crippen molar-refractivity contribution in [1.82, 2.24) is 5.32 Å². The van der Waals surface area contributed by atoms with Crippen LogP contribution in [0.3, 0.4) is 0 Å². The van der Waals surface area contributed by atoms with E-state index in [0.717, 1.165) is 6.07 Å². The maximum Gasteiger partial charge on any atom is 0.387 e. The van der Waals surface area contributed by atoms with Gasteiger partial charge < -0.3 is 15.0 Å². The number of benzene rings is 1. The Morgan fingerprint density at radius 1 is 1.55 bits per heavy atom. The summed E-state index contributed by atoms with van der Waals surface area (Å²) in [4.78, 5) is 23.6. The van der Waals surface area contributed by atoms with Crippen LogP contribution in [-0.4, -0.2) is 36.6 Å². The van der Waals surface area contributed by atoms with Crippen molar-refractivity contribution in [3.8, 4) is 5.75 Å². The van der Waals surface area contributed by atoms with Gasteiger partial charge in [0.2, 0.25) is 11.7 Å². The number of rotatable bonds is 5. The van der Waals surface area contributed by atoms with Crippen molar-refractivity contribution >= 4 is 17.3 Å². The molecule has 1 aliphatic heterocycles. The van der Waals surface area contributed by atoms with Crippen molar-refractivity contribution in [2.75, 3.05) is 18.0 Å². The molecular weight excluding hydrogens is 300 g/mol. The zero-order valence-corrected chi connectivity index (χ0v) is 11.8. The third-order valence-corrected chi connectivity index (χ3v) is 3.41. The van der Waals surface area contributed by atoms with Gasteiger partial charge in [0.25, 0.3) is 0 Å². The second-order valence-electron chi connectivity index (χ2n) is 4.70. The van der Waals surface area contributed by atoms with Crippen LogP contribution < -0.4 is 15.0 Å². The molecule has 1 aliphatic rings. The van der Waals surface area contributed by atoms with Gasteiger partial charge in [-0.05, 0) is 12.5 Å². The largest absolute Gasteiger partial charge is 0.427 e. The lowest BCUT2D eigenvalue weighted by molar-refractivity contribution is -0.386. The first-order valence-electron chi connectivity index (χ1n) is 6.71. The molecule has 1 N–H and O–H groups in total. The molecule has 0 aromatic heterocycles. The van der Waals surface area contributed by atoms with E-state index in [2.05, 4.69) is 10.1 Å². The Labute approximate surface area is 125 Å². The van der Waals surface area contributed by atoms with Gasteiger partial charge in [-0.3, -0.25) is 14.9 Å². The third kappa shape index (κ3) is 3.23. The zero-order valence-electron chi connectivity index (χ0n) is 11.8. The van der Waals surface area contributed by atoms with Crippen molar-refractivity contribution in [2.45, 2.75) is 26.0 Å². The van der Waals surface area contributed by atoms with Gasteiger partial charge in [0.05, 0.1) is 4.92 Å². The molecule has 1 unspecified atom stereocenters. The van der Waals surface area contributed by atoms with Crippen LogP contribution >= 0.6 is 0 Å². The topological polar surface area (TPSA) is 84.7 Å². The molecule has 0 saturated carbocycles. The number of nitrogens with zero attached hydrogens (tertiary/aromatic N) is 2. The van der Waals surface area contributed by atoms with Crippen molar-refractivity contribution in [2.24, 2.45) is 0 Å². The lowest BCUT2D eigenvalue weighted by Gasteiger charge is -2.36. The van der Waals surface area contributed by atoms with Crippen LogP contribution in [0.15, 0.2) is 18.2 Å².